The quantitative estimate of drug-likeness (QED) is 0.656. The van der Waals surface area contributed by atoms with Crippen molar-refractivity contribution in [2.75, 3.05) is 20.8 Å². The van der Waals surface area contributed by atoms with Crippen molar-refractivity contribution in [3.63, 3.8) is 0 Å². The molecule has 0 fully saturated rings. The van der Waals surface area contributed by atoms with Crippen molar-refractivity contribution in [3.05, 3.63) is 36.1 Å². The summed E-state index contributed by atoms with van der Waals surface area (Å²) in [5, 5.41) is 1.69. The molecule has 0 atom stereocenters. The van der Waals surface area contributed by atoms with Gasteiger partial charge in [0.1, 0.15) is 17.9 Å². The van der Waals surface area contributed by atoms with Gasteiger partial charge in [0, 0.05) is 5.39 Å². The largest absolute Gasteiger partial charge is 0.495 e. The smallest absolute Gasteiger partial charge is 0.230 e. The van der Waals surface area contributed by atoms with E-state index in [4.69, 9.17) is 18.6 Å². The summed E-state index contributed by atoms with van der Waals surface area (Å²) in [4.78, 5) is 4.58. The van der Waals surface area contributed by atoms with Crippen LogP contribution >= 0.6 is 0 Å². The molecular weight excluding hydrogens is 294 g/mol. The number of rotatable bonds is 5. The second kappa shape index (κ2) is 6.20. The molecule has 0 spiro atoms. The fourth-order valence-corrected chi connectivity index (χ4v) is 2.47. The first-order chi connectivity index (χ1) is 11.2. The van der Waals surface area contributed by atoms with Gasteiger partial charge < -0.3 is 18.6 Å². The molecule has 3 aromatic rings. The number of methoxy groups -OCH3 is 2. The van der Waals surface area contributed by atoms with Crippen molar-refractivity contribution in [1.29, 1.82) is 0 Å². The molecule has 0 N–H and O–H groups in total. The maximum absolute atomic E-state index is 5.92. The van der Waals surface area contributed by atoms with Crippen LogP contribution in [0, 0.1) is 0 Å². The van der Waals surface area contributed by atoms with Gasteiger partial charge in [0.25, 0.3) is 0 Å². The van der Waals surface area contributed by atoms with Crippen LogP contribution in [0.4, 0.5) is 0 Å². The molecule has 0 bridgehead atoms. The van der Waals surface area contributed by atoms with Crippen LogP contribution in [0.3, 0.4) is 0 Å². The van der Waals surface area contributed by atoms with Crippen LogP contribution in [0.5, 0.6) is 17.2 Å². The van der Waals surface area contributed by atoms with Crippen molar-refractivity contribution in [2.24, 2.45) is 0 Å². The Bertz CT molecular complexity index is 875. The maximum Gasteiger partial charge on any atom is 0.230 e. The Labute approximate surface area is 134 Å². The Morgan fingerprint density at radius 2 is 1.91 bits per heavy atom. The second-order valence-corrected chi connectivity index (χ2v) is 5.37. The number of hydrogen-bond donors (Lipinski definition) is 0. The number of pyridine rings is 1. The summed E-state index contributed by atoms with van der Waals surface area (Å²) in [6.45, 7) is 4.49. The zero-order valence-electron chi connectivity index (χ0n) is 13.7. The zero-order valence-corrected chi connectivity index (χ0v) is 13.7. The lowest BCUT2D eigenvalue weighted by molar-refractivity contribution is 0.329. The number of benzene rings is 1. The number of hydrogen-bond acceptors (Lipinski definition) is 5. The molecule has 1 aromatic carbocycles. The summed E-state index contributed by atoms with van der Waals surface area (Å²) in [5.74, 6) is 1.92. The third-order valence-electron chi connectivity index (χ3n) is 3.59. The first-order valence-electron chi connectivity index (χ1n) is 7.33. The van der Waals surface area contributed by atoms with Gasteiger partial charge in [-0.2, -0.15) is 0 Å². The highest BCUT2D eigenvalue weighted by atomic mass is 16.5. The van der Waals surface area contributed by atoms with E-state index in [0.29, 0.717) is 35.1 Å². The number of ether oxygens (including phenoxy) is 3. The lowest BCUT2D eigenvalue weighted by Gasteiger charge is -2.14. The van der Waals surface area contributed by atoms with Crippen LogP contribution in [0.25, 0.3) is 22.0 Å². The fourth-order valence-electron chi connectivity index (χ4n) is 2.47. The average Bonchev–Trinajstić information content (AvgIpc) is 3.00. The molecule has 5 nitrogen and oxygen atoms in total. The predicted octanol–water partition coefficient (Wildman–Crippen LogP) is 4.34. The minimum absolute atomic E-state index is 0.442. The summed E-state index contributed by atoms with van der Waals surface area (Å²) >= 11 is 0. The lowest BCUT2D eigenvalue weighted by atomic mass is 10.1. The minimum Gasteiger partial charge on any atom is -0.495 e. The molecule has 2 heterocycles. The molecule has 23 heavy (non-hydrogen) atoms. The Balaban J connectivity index is 2.24. The average molecular weight is 313 g/mol. The van der Waals surface area contributed by atoms with Crippen molar-refractivity contribution >= 4 is 22.0 Å². The molecule has 0 aliphatic heterocycles. The summed E-state index contributed by atoms with van der Waals surface area (Å²) in [6.07, 6.45) is 3.60. The molecule has 0 saturated heterocycles. The SMILES string of the molecule is COc1ccc2c(OC)c3ccoc3nc2c1OCC=C(C)C. The molecule has 0 amide bonds. The van der Waals surface area contributed by atoms with Gasteiger partial charge in [0.15, 0.2) is 11.5 Å². The minimum atomic E-state index is 0.442. The summed E-state index contributed by atoms with van der Waals surface area (Å²) in [6, 6.07) is 5.62. The van der Waals surface area contributed by atoms with Crippen molar-refractivity contribution < 1.29 is 18.6 Å². The van der Waals surface area contributed by atoms with Gasteiger partial charge in [-0.05, 0) is 38.1 Å². The number of fused-ring (bicyclic) bond motifs is 2. The van der Waals surface area contributed by atoms with Crippen LogP contribution in [0.2, 0.25) is 0 Å². The molecule has 0 aliphatic carbocycles. The van der Waals surface area contributed by atoms with Crippen LogP contribution in [-0.2, 0) is 0 Å². The molecule has 3 rings (SSSR count). The summed E-state index contributed by atoms with van der Waals surface area (Å²) in [5.41, 5.74) is 2.35. The topological polar surface area (TPSA) is 53.7 Å². The first kappa shape index (κ1) is 15.2. The van der Waals surface area contributed by atoms with E-state index in [-0.39, 0.29) is 0 Å². The van der Waals surface area contributed by atoms with Crippen molar-refractivity contribution in [3.8, 4) is 17.2 Å². The fraction of sp³-hybridized carbons (Fsp3) is 0.278. The van der Waals surface area contributed by atoms with E-state index in [9.17, 15) is 0 Å². The predicted molar refractivity (Wildman–Crippen MR) is 89.5 cm³/mol. The van der Waals surface area contributed by atoms with Crippen LogP contribution in [-0.4, -0.2) is 25.8 Å². The van der Waals surface area contributed by atoms with Crippen LogP contribution in [0.15, 0.2) is 40.5 Å². The normalized spacial score (nSPS) is 10.8. The monoisotopic (exact) mass is 313 g/mol. The maximum atomic E-state index is 5.92. The first-order valence-corrected chi connectivity index (χ1v) is 7.33. The summed E-state index contributed by atoms with van der Waals surface area (Å²) < 4.78 is 22.3. The summed E-state index contributed by atoms with van der Waals surface area (Å²) in [7, 11) is 3.24. The molecule has 0 radical (unpaired) electrons. The van der Waals surface area contributed by atoms with Gasteiger partial charge in [0.05, 0.1) is 25.9 Å². The van der Waals surface area contributed by atoms with E-state index >= 15 is 0 Å². The van der Waals surface area contributed by atoms with Crippen LogP contribution < -0.4 is 14.2 Å². The number of nitrogens with zero attached hydrogens (tertiary/aromatic N) is 1. The molecular formula is C18H19NO4. The number of allylic oxidation sites excluding steroid dienone is 1. The van der Waals surface area contributed by atoms with Crippen molar-refractivity contribution in [2.45, 2.75) is 13.8 Å². The van der Waals surface area contributed by atoms with E-state index in [1.165, 1.54) is 5.57 Å². The van der Waals surface area contributed by atoms with Gasteiger partial charge in [-0.15, -0.1) is 0 Å². The molecule has 5 heteroatoms. The second-order valence-electron chi connectivity index (χ2n) is 5.37. The Hall–Kier alpha value is -2.69. The van der Waals surface area contributed by atoms with Gasteiger partial charge >= 0.3 is 0 Å². The lowest BCUT2D eigenvalue weighted by Crippen LogP contribution is -2.00. The Morgan fingerprint density at radius 3 is 2.61 bits per heavy atom. The van der Waals surface area contributed by atoms with Crippen molar-refractivity contribution in [1.82, 2.24) is 4.98 Å². The van der Waals surface area contributed by atoms with E-state index in [2.05, 4.69) is 4.98 Å². The molecule has 0 saturated carbocycles. The molecule has 0 unspecified atom stereocenters. The standard InChI is InChI=1S/C18H19NO4/c1-11(2)7-9-22-17-14(20-3)6-5-12-15(17)19-18-13(8-10-23-18)16(12)21-4/h5-8,10H,9H2,1-4H3. The van der Waals surface area contributed by atoms with Gasteiger partial charge in [-0.1, -0.05) is 5.57 Å². The third kappa shape index (κ3) is 2.70. The number of aromatic nitrogens is 1. The van der Waals surface area contributed by atoms with E-state index in [1.54, 1.807) is 20.5 Å². The Kier molecular flexibility index (Phi) is 4.10. The highest BCUT2D eigenvalue weighted by Gasteiger charge is 2.18. The van der Waals surface area contributed by atoms with Gasteiger partial charge in [0.2, 0.25) is 5.71 Å². The van der Waals surface area contributed by atoms with Gasteiger partial charge in [-0.25, -0.2) is 4.98 Å². The van der Waals surface area contributed by atoms with E-state index in [0.717, 1.165) is 10.8 Å². The van der Waals surface area contributed by atoms with Gasteiger partial charge in [-0.3, -0.25) is 0 Å². The third-order valence-corrected chi connectivity index (χ3v) is 3.59. The molecule has 2 aromatic heterocycles. The number of furan rings is 1. The van der Waals surface area contributed by atoms with E-state index in [1.807, 2.05) is 38.1 Å². The molecule has 0 aliphatic rings. The van der Waals surface area contributed by atoms with Crippen LogP contribution in [0.1, 0.15) is 13.8 Å². The highest BCUT2D eigenvalue weighted by Crippen LogP contribution is 2.41. The molecule has 120 valence electrons. The highest BCUT2D eigenvalue weighted by molar-refractivity contribution is 6.02. The zero-order chi connectivity index (χ0) is 16.4. The van der Waals surface area contributed by atoms with E-state index < -0.39 is 0 Å². The Morgan fingerprint density at radius 1 is 1.09 bits per heavy atom.